The van der Waals surface area contributed by atoms with Gasteiger partial charge in [-0.3, -0.25) is 0 Å². The molecule has 1 aliphatic carbocycles. The lowest BCUT2D eigenvalue weighted by atomic mass is 9.80. The van der Waals surface area contributed by atoms with Crippen LogP contribution in [0.5, 0.6) is 0 Å². The SMILES string of the molecule is CCNCC1(Cc2cccc(F)c2Cl)CCCC1. The van der Waals surface area contributed by atoms with Gasteiger partial charge in [0.15, 0.2) is 0 Å². The molecule has 1 aromatic carbocycles. The molecule has 0 saturated heterocycles. The minimum atomic E-state index is -0.300. The second kappa shape index (κ2) is 6.03. The van der Waals surface area contributed by atoms with E-state index in [1.807, 2.05) is 6.07 Å². The van der Waals surface area contributed by atoms with Crippen LogP contribution in [0, 0.1) is 11.2 Å². The van der Waals surface area contributed by atoms with Crippen molar-refractivity contribution in [3.05, 3.63) is 34.6 Å². The quantitative estimate of drug-likeness (QED) is 0.845. The summed E-state index contributed by atoms with van der Waals surface area (Å²) >= 11 is 6.07. The molecule has 1 fully saturated rings. The van der Waals surface area contributed by atoms with Crippen molar-refractivity contribution in [2.24, 2.45) is 5.41 Å². The Balaban J connectivity index is 2.15. The first kappa shape index (κ1) is 13.8. The lowest BCUT2D eigenvalue weighted by molar-refractivity contribution is 0.280. The maximum absolute atomic E-state index is 13.5. The maximum Gasteiger partial charge on any atom is 0.142 e. The van der Waals surface area contributed by atoms with Crippen LogP contribution in [0.25, 0.3) is 0 Å². The van der Waals surface area contributed by atoms with Crippen LogP contribution in [-0.2, 0) is 6.42 Å². The van der Waals surface area contributed by atoms with E-state index < -0.39 is 0 Å². The molecule has 1 saturated carbocycles. The normalized spacial score (nSPS) is 18.2. The highest BCUT2D eigenvalue weighted by Gasteiger charge is 2.34. The molecular formula is C15H21ClFN. The third kappa shape index (κ3) is 3.04. The average molecular weight is 270 g/mol. The third-order valence-electron chi connectivity index (χ3n) is 4.01. The van der Waals surface area contributed by atoms with Crippen molar-refractivity contribution >= 4 is 11.6 Å². The maximum atomic E-state index is 13.5. The summed E-state index contributed by atoms with van der Waals surface area (Å²) in [6, 6.07) is 5.14. The molecule has 100 valence electrons. The summed E-state index contributed by atoms with van der Waals surface area (Å²) in [5.41, 5.74) is 1.23. The third-order valence-corrected chi connectivity index (χ3v) is 4.43. The predicted molar refractivity (Wildman–Crippen MR) is 74.6 cm³/mol. The van der Waals surface area contributed by atoms with Gasteiger partial charge >= 0.3 is 0 Å². The summed E-state index contributed by atoms with van der Waals surface area (Å²) in [4.78, 5) is 0. The minimum absolute atomic E-state index is 0.271. The van der Waals surface area contributed by atoms with Crippen molar-refractivity contribution < 1.29 is 4.39 Å². The van der Waals surface area contributed by atoms with E-state index in [4.69, 9.17) is 11.6 Å². The number of hydrogen-bond acceptors (Lipinski definition) is 1. The number of rotatable bonds is 5. The van der Waals surface area contributed by atoms with Gasteiger partial charge in [-0.2, -0.15) is 0 Å². The van der Waals surface area contributed by atoms with Crippen LogP contribution in [0.3, 0.4) is 0 Å². The monoisotopic (exact) mass is 269 g/mol. The van der Waals surface area contributed by atoms with E-state index in [-0.39, 0.29) is 11.2 Å². The number of hydrogen-bond donors (Lipinski definition) is 1. The summed E-state index contributed by atoms with van der Waals surface area (Å²) in [6.45, 7) is 4.12. The molecule has 18 heavy (non-hydrogen) atoms. The van der Waals surface area contributed by atoms with Crippen molar-refractivity contribution in [1.82, 2.24) is 5.32 Å². The Bertz CT molecular complexity index is 399. The van der Waals surface area contributed by atoms with Gasteiger partial charge in [-0.1, -0.05) is 43.5 Å². The molecule has 0 radical (unpaired) electrons. The highest BCUT2D eigenvalue weighted by Crippen LogP contribution is 2.41. The van der Waals surface area contributed by atoms with Crippen molar-refractivity contribution in [1.29, 1.82) is 0 Å². The van der Waals surface area contributed by atoms with Gasteiger partial charge in [-0.25, -0.2) is 4.39 Å². The fourth-order valence-corrected chi connectivity index (χ4v) is 3.21. The van der Waals surface area contributed by atoms with Crippen LogP contribution in [0.2, 0.25) is 5.02 Å². The predicted octanol–water partition coefficient (Wildman–Crippen LogP) is 4.19. The molecule has 1 N–H and O–H groups in total. The standard InChI is InChI=1S/C15H21ClFN/c1-2-18-11-15(8-3-4-9-15)10-12-6-5-7-13(17)14(12)16/h5-7,18H,2-4,8-11H2,1H3. The van der Waals surface area contributed by atoms with Crippen molar-refractivity contribution in [3.63, 3.8) is 0 Å². The Morgan fingerprint density at radius 2 is 2.06 bits per heavy atom. The Kier molecular flexibility index (Phi) is 4.63. The van der Waals surface area contributed by atoms with Gasteiger partial charge < -0.3 is 5.32 Å². The molecule has 0 heterocycles. The number of nitrogens with one attached hydrogen (secondary N) is 1. The van der Waals surface area contributed by atoms with Crippen LogP contribution in [-0.4, -0.2) is 13.1 Å². The Hall–Kier alpha value is -0.600. The van der Waals surface area contributed by atoms with Gasteiger partial charge in [0.2, 0.25) is 0 Å². The molecule has 0 spiro atoms. The van der Waals surface area contributed by atoms with Crippen LogP contribution in [0.15, 0.2) is 18.2 Å². The van der Waals surface area contributed by atoms with Gasteiger partial charge in [0.05, 0.1) is 5.02 Å². The smallest absolute Gasteiger partial charge is 0.142 e. The second-order valence-corrected chi connectivity index (χ2v) is 5.76. The molecule has 0 aromatic heterocycles. The van der Waals surface area contributed by atoms with E-state index >= 15 is 0 Å². The Morgan fingerprint density at radius 3 is 2.72 bits per heavy atom. The number of halogens is 2. The van der Waals surface area contributed by atoms with E-state index in [1.165, 1.54) is 31.7 Å². The Morgan fingerprint density at radius 1 is 1.33 bits per heavy atom. The molecule has 2 rings (SSSR count). The van der Waals surface area contributed by atoms with Crippen molar-refractivity contribution in [3.8, 4) is 0 Å². The molecule has 0 aliphatic heterocycles. The zero-order chi connectivity index (χ0) is 13.0. The lowest BCUT2D eigenvalue weighted by Gasteiger charge is -2.30. The van der Waals surface area contributed by atoms with Crippen molar-refractivity contribution in [2.75, 3.05) is 13.1 Å². The van der Waals surface area contributed by atoms with Gasteiger partial charge in [0, 0.05) is 6.54 Å². The first-order valence-corrected chi connectivity index (χ1v) is 7.18. The molecule has 0 unspecified atom stereocenters. The second-order valence-electron chi connectivity index (χ2n) is 5.38. The largest absolute Gasteiger partial charge is 0.316 e. The molecule has 3 heteroatoms. The number of benzene rings is 1. The zero-order valence-corrected chi connectivity index (χ0v) is 11.7. The molecule has 0 amide bonds. The molecule has 1 aromatic rings. The average Bonchev–Trinajstić information content (AvgIpc) is 2.82. The summed E-state index contributed by atoms with van der Waals surface area (Å²) in [7, 11) is 0. The minimum Gasteiger partial charge on any atom is -0.316 e. The fraction of sp³-hybridized carbons (Fsp3) is 0.600. The Labute approximate surface area is 114 Å². The van der Waals surface area contributed by atoms with Crippen LogP contribution < -0.4 is 5.32 Å². The highest BCUT2D eigenvalue weighted by molar-refractivity contribution is 6.31. The first-order chi connectivity index (χ1) is 8.67. The molecule has 0 atom stereocenters. The molecule has 1 aliphatic rings. The molecule has 0 bridgehead atoms. The highest BCUT2D eigenvalue weighted by atomic mass is 35.5. The van der Waals surface area contributed by atoms with Gasteiger partial charge in [0.1, 0.15) is 5.82 Å². The lowest BCUT2D eigenvalue weighted by Crippen LogP contribution is -2.34. The topological polar surface area (TPSA) is 12.0 Å². The van der Waals surface area contributed by atoms with Gasteiger partial charge in [-0.05, 0) is 42.9 Å². The van der Waals surface area contributed by atoms with E-state index in [2.05, 4.69) is 12.2 Å². The summed E-state index contributed by atoms with van der Waals surface area (Å²) < 4.78 is 13.5. The van der Waals surface area contributed by atoms with E-state index in [0.29, 0.717) is 5.02 Å². The van der Waals surface area contributed by atoms with Crippen molar-refractivity contribution in [2.45, 2.75) is 39.0 Å². The summed E-state index contributed by atoms with van der Waals surface area (Å²) in [6.07, 6.45) is 5.87. The zero-order valence-electron chi connectivity index (χ0n) is 10.9. The first-order valence-electron chi connectivity index (χ1n) is 6.80. The van der Waals surface area contributed by atoms with E-state index in [0.717, 1.165) is 25.1 Å². The van der Waals surface area contributed by atoms with E-state index in [1.54, 1.807) is 6.07 Å². The van der Waals surface area contributed by atoms with E-state index in [9.17, 15) is 4.39 Å². The van der Waals surface area contributed by atoms with Gasteiger partial charge in [-0.15, -0.1) is 0 Å². The van der Waals surface area contributed by atoms with Crippen LogP contribution in [0.1, 0.15) is 38.2 Å². The van der Waals surface area contributed by atoms with Crippen LogP contribution in [0.4, 0.5) is 4.39 Å². The molecule has 1 nitrogen and oxygen atoms in total. The fourth-order valence-electron chi connectivity index (χ4n) is 3.02. The molecular weight excluding hydrogens is 249 g/mol. The van der Waals surface area contributed by atoms with Crippen LogP contribution >= 0.6 is 11.6 Å². The summed E-state index contributed by atoms with van der Waals surface area (Å²) in [5, 5.41) is 3.75. The van der Waals surface area contributed by atoms with Gasteiger partial charge in [0.25, 0.3) is 0 Å². The summed E-state index contributed by atoms with van der Waals surface area (Å²) in [5.74, 6) is -0.300.